The summed E-state index contributed by atoms with van der Waals surface area (Å²) in [5, 5.41) is 6.94. The Morgan fingerprint density at radius 1 is 1.10 bits per heavy atom. The van der Waals surface area contributed by atoms with E-state index in [0.717, 1.165) is 43.0 Å². The van der Waals surface area contributed by atoms with E-state index in [4.69, 9.17) is 11.6 Å². The summed E-state index contributed by atoms with van der Waals surface area (Å²) in [4.78, 5) is 27.1. The Bertz CT molecular complexity index is 771. The van der Waals surface area contributed by atoms with Crippen LogP contribution in [0.25, 0.3) is 0 Å². The number of benzene rings is 1. The maximum Gasteiger partial charge on any atom is 0.242 e. The largest absolute Gasteiger partial charge is 0.332 e. The molecule has 2 aliphatic heterocycles. The van der Waals surface area contributed by atoms with Crippen LogP contribution in [-0.4, -0.2) is 46.6 Å². The molecule has 0 spiro atoms. The molecule has 1 aromatic rings. The van der Waals surface area contributed by atoms with Crippen molar-refractivity contribution in [3.8, 4) is 0 Å². The van der Waals surface area contributed by atoms with E-state index in [-0.39, 0.29) is 17.9 Å². The average Bonchev–Trinajstić information content (AvgIpc) is 3.35. The third kappa shape index (κ3) is 4.82. The first-order valence-electron chi connectivity index (χ1n) is 11.1. The molecule has 0 N–H and O–H groups in total. The molecule has 5 nitrogen and oxygen atoms in total. The molecular weight excluding hydrogens is 386 g/mol. The van der Waals surface area contributed by atoms with Gasteiger partial charge in [-0.3, -0.25) is 9.59 Å². The van der Waals surface area contributed by atoms with Gasteiger partial charge in [-0.1, -0.05) is 55.8 Å². The van der Waals surface area contributed by atoms with Gasteiger partial charge in [0.2, 0.25) is 11.8 Å². The van der Waals surface area contributed by atoms with Crippen molar-refractivity contribution in [1.29, 1.82) is 0 Å². The predicted octanol–water partition coefficient (Wildman–Crippen LogP) is 4.63. The highest BCUT2D eigenvalue weighted by Crippen LogP contribution is 2.29. The van der Waals surface area contributed by atoms with Crippen LogP contribution >= 0.6 is 11.6 Å². The molecule has 2 amide bonds. The number of carbonyl (C=O) groups excluding carboxylic acids is 2. The molecule has 2 heterocycles. The van der Waals surface area contributed by atoms with Gasteiger partial charge >= 0.3 is 0 Å². The molecule has 29 heavy (non-hydrogen) atoms. The number of likely N-dealkylation sites (tertiary alicyclic amines) is 1. The van der Waals surface area contributed by atoms with Gasteiger partial charge in [0.1, 0.15) is 0 Å². The van der Waals surface area contributed by atoms with Crippen molar-refractivity contribution in [2.24, 2.45) is 11.0 Å². The molecular formula is C23H30ClN3O2. The van der Waals surface area contributed by atoms with E-state index in [9.17, 15) is 9.59 Å². The van der Waals surface area contributed by atoms with Crippen LogP contribution in [0.2, 0.25) is 5.02 Å². The van der Waals surface area contributed by atoms with Crippen LogP contribution in [0, 0.1) is 5.92 Å². The first-order chi connectivity index (χ1) is 14.1. The van der Waals surface area contributed by atoms with Crippen molar-refractivity contribution < 1.29 is 9.59 Å². The van der Waals surface area contributed by atoms with Crippen molar-refractivity contribution >= 4 is 29.1 Å². The van der Waals surface area contributed by atoms with Gasteiger partial charge in [-0.15, -0.1) is 0 Å². The van der Waals surface area contributed by atoms with E-state index >= 15 is 0 Å². The second-order valence-electron chi connectivity index (χ2n) is 8.57. The lowest BCUT2D eigenvalue weighted by molar-refractivity contribution is -0.133. The van der Waals surface area contributed by atoms with E-state index in [2.05, 4.69) is 5.10 Å². The van der Waals surface area contributed by atoms with Crippen molar-refractivity contribution in [3.63, 3.8) is 0 Å². The fraction of sp³-hybridized carbons (Fsp3) is 0.609. The molecule has 6 heteroatoms. The highest BCUT2D eigenvalue weighted by atomic mass is 35.5. The number of hydrazone groups is 1. The standard InChI is InChI=1S/C23H30ClN3O2/c24-19-13-11-18(12-14-19)23-20(26-15-5-10-21(26)28)16-27(25-23)22(29)9-4-8-17-6-2-1-3-7-17/h11-14,17,20H,1-10,15-16H2. The van der Waals surface area contributed by atoms with Gasteiger partial charge in [-0.2, -0.15) is 5.10 Å². The van der Waals surface area contributed by atoms with E-state index in [1.807, 2.05) is 29.2 Å². The smallest absolute Gasteiger partial charge is 0.242 e. The molecule has 2 fully saturated rings. The van der Waals surface area contributed by atoms with Gasteiger partial charge < -0.3 is 4.90 Å². The molecule has 1 atom stereocenters. The van der Waals surface area contributed by atoms with Crippen LogP contribution in [0.4, 0.5) is 0 Å². The second-order valence-corrected chi connectivity index (χ2v) is 9.01. The minimum atomic E-state index is -0.159. The predicted molar refractivity (Wildman–Crippen MR) is 115 cm³/mol. The van der Waals surface area contributed by atoms with E-state index < -0.39 is 0 Å². The van der Waals surface area contributed by atoms with Crippen LogP contribution in [-0.2, 0) is 9.59 Å². The van der Waals surface area contributed by atoms with Gasteiger partial charge in [0, 0.05) is 30.0 Å². The molecule has 1 aromatic carbocycles. The maximum atomic E-state index is 12.9. The molecule has 156 valence electrons. The molecule has 1 aliphatic carbocycles. The van der Waals surface area contributed by atoms with Gasteiger partial charge in [0.05, 0.1) is 18.3 Å². The Morgan fingerprint density at radius 2 is 1.86 bits per heavy atom. The first kappa shape index (κ1) is 20.4. The van der Waals surface area contributed by atoms with Crippen LogP contribution in [0.5, 0.6) is 0 Å². The Labute approximate surface area is 178 Å². The van der Waals surface area contributed by atoms with Crippen molar-refractivity contribution in [3.05, 3.63) is 34.9 Å². The van der Waals surface area contributed by atoms with E-state index in [1.54, 1.807) is 5.01 Å². The molecule has 1 unspecified atom stereocenters. The lowest BCUT2D eigenvalue weighted by Crippen LogP contribution is -2.44. The van der Waals surface area contributed by atoms with Gasteiger partial charge in [-0.25, -0.2) is 5.01 Å². The average molecular weight is 416 g/mol. The van der Waals surface area contributed by atoms with Gasteiger partial charge in [0.15, 0.2) is 0 Å². The molecule has 1 saturated carbocycles. The Hall–Kier alpha value is -1.88. The molecule has 1 saturated heterocycles. The third-order valence-corrected chi connectivity index (χ3v) is 6.78. The first-order valence-corrected chi connectivity index (χ1v) is 11.4. The van der Waals surface area contributed by atoms with Crippen LogP contribution in [0.3, 0.4) is 0 Å². The van der Waals surface area contributed by atoms with Crippen LogP contribution in [0.15, 0.2) is 29.4 Å². The lowest BCUT2D eigenvalue weighted by Gasteiger charge is -2.25. The number of nitrogens with zero attached hydrogens (tertiary/aromatic N) is 3. The summed E-state index contributed by atoms with van der Waals surface area (Å²) < 4.78 is 0. The zero-order chi connectivity index (χ0) is 20.2. The molecule has 0 bridgehead atoms. The summed E-state index contributed by atoms with van der Waals surface area (Å²) in [5.74, 6) is 1.02. The highest BCUT2D eigenvalue weighted by molar-refractivity contribution is 6.30. The van der Waals surface area contributed by atoms with E-state index in [0.29, 0.717) is 24.4 Å². The van der Waals surface area contributed by atoms with E-state index in [1.165, 1.54) is 32.1 Å². The zero-order valence-electron chi connectivity index (χ0n) is 17.0. The third-order valence-electron chi connectivity index (χ3n) is 6.53. The number of carbonyl (C=O) groups is 2. The molecule has 4 rings (SSSR count). The summed E-state index contributed by atoms with van der Waals surface area (Å²) in [6.07, 6.45) is 10.7. The summed E-state index contributed by atoms with van der Waals surface area (Å²) in [6.45, 7) is 1.20. The number of amides is 2. The minimum absolute atomic E-state index is 0.0708. The van der Waals surface area contributed by atoms with Crippen molar-refractivity contribution in [1.82, 2.24) is 9.91 Å². The zero-order valence-corrected chi connectivity index (χ0v) is 17.7. The normalized spacial score (nSPS) is 23.0. The Morgan fingerprint density at radius 3 is 2.55 bits per heavy atom. The number of halogens is 1. The lowest BCUT2D eigenvalue weighted by atomic mass is 9.86. The fourth-order valence-electron chi connectivity index (χ4n) is 4.91. The molecule has 0 aromatic heterocycles. The second kappa shape index (κ2) is 9.29. The van der Waals surface area contributed by atoms with Crippen molar-refractivity contribution in [2.75, 3.05) is 13.1 Å². The molecule has 3 aliphatic rings. The highest BCUT2D eigenvalue weighted by Gasteiger charge is 2.38. The quantitative estimate of drug-likeness (QED) is 0.680. The number of rotatable bonds is 6. The Kier molecular flexibility index (Phi) is 6.53. The Balaban J connectivity index is 1.43. The topological polar surface area (TPSA) is 53.0 Å². The monoisotopic (exact) mass is 415 g/mol. The summed E-state index contributed by atoms with van der Waals surface area (Å²) in [5.41, 5.74) is 1.73. The number of hydrogen-bond donors (Lipinski definition) is 0. The molecule has 0 radical (unpaired) electrons. The minimum Gasteiger partial charge on any atom is -0.332 e. The summed E-state index contributed by atoms with van der Waals surface area (Å²) in [6, 6.07) is 7.35. The summed E-state index contributed by atoms with van der Waals surface area (Å²) >= 11 is 6.04. The van der Waals surface area contributed by atoms with Gasteiger partial charge in [0.25, 0.3) is 0 Å². The SMILES string of the molecule is O=C(CCCC1CCCCC1)N1CC(N2CCCC2=O)C(c2ccc(Cl)cc2)=N1. The van der Waals surface area contributed by atoms with Crippen LogP contribution < -0.4 is 0 Å². The maximum absolute atomic E-state index is 12.9. The number of hydrogen-bond acceptors (Lipinski definition) is 3. The fourth-order valence-corrected chi connectivity index (χ4v) is 5.03. The van der Waals surface area contributed by atoms with Gasteiger partial charge in [-0.05, 0) is 37.3 Å². The van der Waals surface area contributed by atoms with Crippen molar-refractivity contribution in [2.45, 2.75) is 70.3 Å². The van der Waals surface area contributed by atoms with Crippen LogP contribution in [0.1, 0.15) is 69.8 Å². The summed E-state index contributed by atoms with van der Waals surface area (Å²) in [7, 11) is 0.